The zero-order valence-corrected chi connectivity index (χ0v) is 13.6. The first-order chi connectivity index (χ1) is 11.3. The van der Waals surface area contributed by atoms with Gasteiger partial charge in [0.1, 0.15) is 16.9 Å². The molecule has 0 radical (unpaired) electrons. The highest BCUT2D eigenvalue weighted by atomic mass is 35.5. The molecule has 23 heavy (non-hydrogen) atoms. The van der Waals surface area contributed by atoms with Gasteiger partial charge < -0.3 is 14.3 Å². The molecule has 1 aliphatic carbocycles. The Hall–Kier alpha value is -2.08. The lowest BCUT2D eigenvalue weighted by Crippen LogP contribution is -2.06. The van der Waals surface area contributed by atoms with Crippen molar-refractivity contribution in [3.63, 3.8) is 0 Å². The van der Waals surface area contributed by atoms with E-state index >= 15 is 0 Å². The van der Waals surface area contributed by atoms with E-state index in [0.29, 0.717) is 17.1 Å². The maximum absolute atomic E-state index is 6.19. The van der Waals surface area contributed by atoms with Crippen molar-refractivity contribution >= 4 is 28.5 Å². The van der Waals surface area contributed by atoms with E-state index in [2.05, 4.69) is 31.8 Å². The summed E-state index contributed by atoms with van der Waals surface area (Å²) < 4.78 is 7.60. The van der Waals surface area contributed by atoms with E-state index in [1.807, 2.05) is 12.4 Å². The van der Waals surface area contributed by atoms with E-state index in [1.54, 1.807) is 12.5 Å². The maximum atomic E-state index is 6.19. The highest BCUT2D eigenvalue weighted by Gasteiger charge is 2.31. The molecular weight excluding hydrogens is 314 g/mol. The van der Waals surface area contributed by atoms with E-state index in [-0.39, 0.29) is 0 Å². The second-order valence-corrected chi connectivity index (χ2v) is 6.27. The molecule has 3 aromatic rings. The van der Waals surface area contributed by atoms with Gasteiger partial charge in [-0.1, -0.05) is 11.6 Å². The number of hydrogen-bond donors (Lipinski definition) is 1. The van der Waals surface area contributed by atoms with Crippen molar-refractivity contribution in [2.24, 2.45) is 0 Å². The van der Waals surface area contributed by atoms with Crippen LogP contribution in [0, 0.1) is 0 Å². The lowest BCUT2D eigenvalue weighted by molar-refractivity contribution is 0.436. The molecule has 0 amide bonds. The average molecular weight is 332 g/mol. The lowest BCUT2D eigenvalue weighted by Gasteiger charge is -2.13. The molecule has 2 unspecified atom stereocenters. The molecule has 0 aromatic carbocycles. The zero-order chi connectivity index (χ0) is 15.8. The van der Waals surface area contributed by atoms with Gasteiger partial charge in [-0.05, 0) is 26.2 Å². The van der Waals surface area contributed by atoms with Crippen molar-refractivity contribution < 1.29 is 4.42 Å². The smallest absolute Gasteiger partial charge is 0.197 e. The molecule has 7 heteroatoms. The number of rotatable bonds is 4. The molecule has 1 aliphatic rings. The van der Waals surface area contributed by atoms with E-state index < -0.39 is 0 Å². The molecule has 0 spiro atoms. The summed E-state index contributed by atoms with van der Waals surface area (Å²) in [5.74, 6) is 1.19. The largest absolute Gasteiger partial charge is 0.449 e. The van der Waals surface area contributed by atoms with Gasteiger partial charge >= 0.3 is 0 Å². The fraction of sp³-hybridized carbons (Fsp3) is 0.438. The van der Waals surface area contributed by atoms with Crippen molar-refractivity contribution in [1.29, 1.82) is 0 Å². The zero-order valence-electron chi connectivity index (χ0n) is 12.9. The van der Waals surface area contributed by atoms with Gasteiger partial charge in [0.25, 0.3) is 0 Å². The standard InChI is InChI=1S/C16H18ClN5O/c1-2-18-12-8-13(17)21-15-14(12)20-9-22(15)11-4-3-10(7-11)16-19-5-6-23-16/h5-6,8-11H,2-4,7H2,1H3,(H,18,21). The number of oxazole rings is 1. The Kier molecular flexibility index (Phi) is 3.69. The van der Waals surface area contributed by atoms with Gasteiger partial charge in [-0.2, -0.15) is 0 Å². The number of nitrogens with one attached hydrogen (secondary N) is 1. The number of nitrogens with zero attached hydrogens (tertiary/aromatic N) is 4. The molecule has 120 valence electrons. The fourth-order valence-corrected chi connectivity index (χ4v) is 3.63. The van der Waals surface area contributed by atoms with Crippen molar-refractivity contribution in [3.8, 4) is 0 Å². The van der Waals surface area contributed by atoms with Crippen LogP contribution in [0.3, 0.4) is 0 Å². The van der Waals surface area contributed by atoms with Crippen molar-refractivity contribution in [2.75, 3.05) is 11.9 Å². The van der Waals surface area contributed by atoms with E-state index in [9.17, 15) is 0 Å². The Morgan fingerprint density at radius 2 is 2.30 bits per heavy atom. The van der Waals surface area contributed by atoms with Crippen LogP contribution in [0.15, 0.2) is 29.3 Å². The number of aromatic nitrogens is 4. The first-order valence-corrected chi connectivity index (χ1v) is 8.30. The van der Waals surface area contributed by atoms with Crippen LogP contribution in [0.5, 0.6) is 0 Å². The topological polar surface area (TPSA) is 68.8 Å². The Morgan fingerprint density at radius 3 is 3.09 bits per heavy atom. The first-order valence-electron chi connectivity index (χ1n) is 7.92. The van der Waals surface area contributed by atoms with Crippen LogP contribution < -0.4 is 5.32 Å². The summed E-state index contributed by atoms with van der Waals surface area (Å²) in [6, 6.07) is 2.17. The summed E-state index contributed by atoms with van der Waals surface area (Å²) in [4.78, 5) is 13.3. The van der Waals surface area contributed by atoms with Crippen LogP contribution in [0.2, 0.25) is 5.15 Å². The molecule has 0 aliphatic heterocycles. The highest BCUT2D eigenvalue weighted by molar-refractivity contribution is 6.30. The van der Waals surface area contributed by atoms with Crippen molar-refractivity contribution in [3.05, 3.63) is 35.9 Å². The predicted octanol–water partition coefficient (Wildman–Crippen LogP) is 4.01. The average Bonchev–Trinajstić information content (AvgIpc) is 3.26. The third-order valence-electron chi connectivity index (χ3n) is 4.47. The van der Waals surface area contributed by atoms with Crippen molar-refractivity contribution in [2.45, 2.75) is 38.1 Å². The minimum atomic E-state index is 0.345. The summed E-state index contributed by atoms with van der Waals surface area (Å²) in [5.41, 5.74) is 2.64. The number of halogens is 1. The van der Waals surface area contributed by atoms with Gasteiger partial charge in [-0.15, -0.1) is 0 Å². The Labute approximate surface area is 138 Å². The molecular formula is C16H18ClN5O. The lowest BCUT2D eigenvalue weighted by atomic mass is 10.1. The van der Waals surface area contributed by atoms with E-state index in [0.717, 1.165) is 48.5 Å². The number of imidazole rings is 1. The van der Waals surface area contributed by atoms with Crippen LogP contribution in [-0.4, -0.2) is 26.1 Å². The normalized spacial score (nSPS) is 21.1. The molecule has 1 N–H and O–H groups in total. The third-order valence-corrected chi connectivity index (χ3v) is 4.66. The summed E-state index contributed by atoms with van der Waals surface area (Å²) in [6.07, 6.45) is 8.32. The van der Waals surface area contributed by atoms with Gasteiger partial charge in [-0.25, -0.2) is 15.0 Å². The molecule has 4 rings (SSSR count). The minimum absolute atomic E-state index is 0.345. The van der Waals surface area contributed by atoms with Crippen LogP contribution >= 0.6 is 11.6 Å². The van der Waals surface area contributed by atoms with Crippen molar-refractivity contribution in [1.82, 2.24) is 19.5 Å². The van der Waals surface area contributed by atoms with Crippen LogP contribution in [0.1, 0.15) is 44.0 Å². The second kappa shape index (κ2) is 5.85. The Bertz CT molecular complexity index is 813. The van der Waals surface area contributed by atoms with Crippen LogP contribution in [0.25, 0.3) is 11.2 Å². The molecule has 1 saturated carbocycles. The monoisotopic (exact) mass is 331 g/mol. The molecule has 6 nitrogen and oxygen atoms in total. The van der Waals surface area contributed by atoms with E-state index in [1.165, 1.54) is 0 Å². The summed E-state index contributed by atoms with van der Waals surface area (Å²) >= 11 is 6.19. The number of pyridine rings is 1. The van der Waals surface area contributed by atoms with Crippen LogP contribution in [0.4, 0.5) is 5.69 Å². The SMILES string of the molecule is CCNc1cc(Cl)nc2c1ncn2C1CCC(c2ncco2)C1. The summed E-state index contributed by atoms with van der Waals surface area (Å²) in [5, 5.41) is 3.78. The quantitative estimate of drug-likeness (QED) is 0.731. The molecule has 1 fully saturated rings. The second-order valence-electron chi connectivity index (χ2n) is 5.88. The predicted molar refractivity (Wildman–Crippen MR) is 88.8 cm³/mol. The van der Waals surface area contributed by atoms with Gasteiger partial charge in [-0.3, -0.25) is 0 Å². The van der Waals surface area contributed by atoms with Gasteiger partial charge in [0, 0.05) is 24.6 Å². The number of anilines is 1. The molecule has 2 atom stereocenters. The maximum Gasteiger partial charge on any atom is 0.197 e. The Balaban J connectivity index is 1.67. The summed E-state index contributed by atoms with van der Waals surface area (Å²) in [6.45, 7) is 2.87. The Morgan fingerprint density at radius 1 is 1.39 bits per heavy atom. The molecule has 3 aromatic heterocycles. The first kappa shape index (κ1) is 14.5. The minimum Gasteiger partial charge on any atom is -0.449 e. The number of fused-ring (bicyclic) bond motifs is 1. The number of hydrogen-bond acceptors (Lipinski definition) is 5. The van der Waals surface area contributed by atoms with Gasteiger partial charge in [0.15, 0.2) is 11.5 Å². The molecule has 0 bridgehead atoms. The van der Waals surface area contributed by atoms with Gasteiger partial charge in [0.05, 0.1) is 18.2 Å². The van der Waals surface area contributed by atoms with E-state index in [4.69, 9.17) is 16.0 Å². The fourth-order valence-electron chi connectivity index (χ4n) is 3.44. The van der Waals surface area contributed by atoms with Gasteiger partial charge in [0.2, 0.25) is 0 Å². The molecule has 3 heterocycles. The van der Waals surface area contributed by atoms with Crippen LogP contribution in [-0.2, 0) is 0 Å². The third kappa shape index (κ3) is 2.57. The summed E-state index contributed by atoms with van der Waals surface area (Å²) in [7, 11) is 0. The molecule has 0 saturated heterocycles. The highest BCUT2D eigenvalue weighted by Crippen LogP contribution is 2.41.